The first-order chi connectivity index (χ1) is 6.53. The molecule has 0 aromatic rings. The maximum atomic E-state index is 11.1. The summed E-state index contributed by atoms with van der Waals surface area (Å²) in [7, 11) is 0.609. The molecule has 0 saturated carbocycles. The molecule has 1 saturated heterocycles. The molecule has 1 rings (SSSR count). The fraction of sp³-hybridized carbons (Fsp3) is 1.00. The first-order valence-corrected chi connectivity index (χ1v) is 9.06. The molecule has 2 atom stereocenters. The molecule has 14 heavy (non-hydrogen) atoms. The van der Waals surface area contributed by atoms with Crippen molar-refractivity contribution < 1.29 is 8.42 Å². The van der Waals surface area contributed by atoms with Gasteiger partial charge >= 0.3 is 0 Å². The Labute approximate surface area is 94.2 Å². The Hall–Kier alpha value is 0.610. The molecule has 1 N–H and O–H groups in total. The van der Waals surface area contributed by atoms with Crippen LogP contribution in [0.2, 0.25) is 0 Å². The zero-order valence-electron chi connectivity index (χ0n) is 8.52. The van der Waals surface area contributed by atoms with Gasteiger partial charge in [-0.05, 0) is 12.8 Å². The lowest BCUT2D eigenvalue weighted by atomic mass is 10.1. The molecule has 0 bridgehead atoms. The summed E-state index contributed by atoms with van der Waals surface area (Å²) in [5.74, 6) is 1.14. The molecule has 0 amide bonds. The van der Waals surface area contributed by atoms with E-state index in [4.69, 9.17) is 0 Å². The second-order valence-electron chi connectivity index (χ2n) is 3.53. The van der Waals surface area contributed by atoms with Crippen molar-refractivity contribution in [3.63, 3.8) is 0 Å². The van der Waals surface area contributed by atoms with Gasteiger partial charge in [-0.1, -0.05) is 34.9 Å². The molecule has 0 spiro atoms. The molecule has 3 nitrogen and oxygen atoms in total. The molecule has 0 radical (unpaired) electrons. The summed E-state index contributed by atoms with van der Waals surface area (Å²) in [5, 5.41) is 0.453. The van der Waals surface area contributed by atoms with Crippen molar-refractivity contribution in [1.29, 1.82) is 0 Å². The van der Waals surface area contributed by atoms with Crippen molar-refractivity contribution in [2.24, 2.45) is 0 Å². The SMILES string of the molecule is CCCC(NS(C)(=O)=O)C1CCSS1. The molecule has 1 aliphatic heterocycles. The average molecular weight is 255 g/mol. The largest absolute Gasteiger partial charge is 0.213 e. The third-order valence-corrected chi connectivity index (χ3v) is 5.82. The van der Waals surface area contributed by atoms with Crippen LogP contribution in [0.15, 0.2) is 0 Å². The van der Waals surface area contributed by atoms with Gasteiger partial charge in [0, 0.05) is 17.0 Å². The smallest absolute Gasteiger partial charge is 0.208 e. The first kappa shape index (κ1) is 12.7. The van der Waals surface area contributed by atoms with E-state index in [1.54, 1.807) is 0 Å². The molecule has 84 valence electrons. The lowest BCUT2D eigenvalue weighted by Gasteiger charge is -2.21. The van der Waals surface area contributed by atoms with Crippen LogP contribution in [0.25, 0.3) is 0 Å². The molecule has 1 aliphatic rings. The summed E-state index contributed by atoms with van der Waals surface area (Å²) < 4.78 is 25.0. The summed E-state index contributed by atoms with van der Waals surface area (Å²) in [6.45, 7) is 2.09. The van der Waals surface area contributed by atoms with E-state index in [2.05, 4.69) is 11.6 Å². The minimum atomic E-state index is -3.06. The number of sulfonamides is 1. The standard InChI is InChI=1S/C8H17NO2S3/c1-3-4-7(9-14(2,10)11)8-5-6-12-13-8/h7-9H,3-6H2,1-2H3. The second-order valence-corrected chi connectivity index (χ2v) is 8.04. The third-order valence-electron chi connectivity index (χ3n) is 2.09. The van der Waals surface area contributed by atoms with Crippen molar-refractivity contribution in [1.82, 2.24) is 4.72 Å². The minimum Gasteiger partial charge on any atom is -0.213 e. The second kappa shape index (κ2) is 5.63. The molecule has 0 aromatic heterocycles. The topological polar surface area (TPSA) is 46.2 Å². The molecule has 6 heteroatoms. The van der Waals surface area contributed by atoms with E-state index < -0.39 is 10.0 Å². The molecule has 1 heterocycles. The van der Waals surface area contributed by atoms with E-state index in [-0.39, 0.29) is 6.04 Å². The van der Waals surface area contributed by atoms with Gasteiger partial charge in [0.1, 0.15) is 0 Å². The summed E-state index contributed by atoms with van der Waals surface area (Å²) in [4.78, 5) is 0. The van der Waals surface area contributed by atoms with Crippen LogP contribution in [0.5, 0.6) is 0 Å². The summed E-state index contributed by atoms with van der Waals surface area (Å²) in [6, 6.07) is 0.120. The van der Waals surface area contributed by atoms with E-state index in [9.17, 15) is 8.42 Å². The zero-order valence-corrected chi connectivity index (χ0v) is 11.0. The van der Waals surface area contributed by atoms with Gasteiger partial charge in [0.05, 0.1) is 6.26 Å². The minimum absolute atomic E-state index is 0.120. The monoisotopic (exact) mass is 255 g/mol. The maximum Gasteiger partial charge on any atom is 0.208 e. The summed E-state index contributed by atoms with van der Waals surface area (Å²) in [6.07, 6.45) is 4.31. The van der Waals surface area contributed by atoms with Gasteiger partial charge in [0.15, 0.2) is 0 Å². The van der Waals surface area contributed by atoms with Gasteiger partial charge in [-0.3, -0.25) is 0 Å². The molecule has 0 aromatic carbocycles. The maximum absolute atomic E-state index is 11.1. The van der Waals surface area contributed by atoms with Gasteiger partial charge in [0.25, 0.3) is 0 Å². The van der Waals surface area contributed by atoms with Gasteiger partial charge in [0.2, 0.25) is 10.0 Å². The average Bonchev–Trinajstić information content (AvgIpc) is 2.52. The fourth-order valence-corrected chi connectivity index (χ4v) is 5.56. The van der Waals surface area contributed by atoms with Crippen molar-refractivity contribution in [2.75, 3.05) is 12.0 Å². The van der Waals surface area contributed by atoms with Crippen LogP contribution < -0.4 is 4.72 Å². The molecular weight excluding hydrogens is 238 g/mol. The van der Waals surface area contributed by atoms with Gasteiger partial charge < -0.3 is 0 Å². The highest BCUT2D eigenvalue weighted by atomic mass is 33.1. The first-order valence-electron chi connectivity index (χ1n) is 4.78. The Kier molecular flexibility index (Phi) is 5.10. The molecule has 0 aliphatic carbocycles. The van der Waals surface area contributed by atoms with E-state index in [1.165, 1.54) is 6.26 Å². The van der Waals surface area contributed by atoms with E-state index in [0.717, 1.165) is 25.0 Å². The van der Waals surface area contributed by atoms with Crippen LogP contribution in [-0.2, 0) is 10.0 Å². The lowest BCUT2D eigenvalue weighted by molar-refractivity contribution is 0.509. The van der Waals surface area contributed by atoms with E-state index in [1.807, 2.05) is 21.6 Å². The predicted octanol–water partition coefficient (Wildman–Crippen LogP) is 1.86. The van der Waals surface area contributed by atoms with Crippen LogP contribution in [0.3, 0.4) is 0 Å². The predicted molar refractivity (Wildman–Crippen MR) is 65.1 cm³/mol. The quantitative estimate of drug-likeness (QED) is 0.762. The normalized spacial score (nSPS) is 25.1. The fourth-order valence-electron chi connectivity index (χ4n) is 1.52. The Morgan fingerprint density at radius 2 is 2.29 bits per heavy atom. The van der Waals surface area contributed by atoms with Crippen molar-refractivity contribution in [3.05, 3.63) is 0 Å². The van der Waals surface area contributed by atoms with Gasteiger partial charge in [-0.15, -0.1) is 0 Å². The highest BCUT2D eigenvalue weighted by Gasteiger charge is 2.27. The van der Waals surface area contributed by atoms with Crippen LogP contribution in [0, 0.1) is 0 Å². The molecule has 2 unspecified atom stereocenters. The number of hydrogen-bond donors (Lipinski definition) is 1. The van der Waals surface area contributed by atoms with Crippen LogP contribution in [0.4, 0.5) is 0 Å². The van der Waals surface area contributed by atoms with Crippen molar-refractivity contribution >= 4 is 31.6 Å². The Balaban J connectivity index is 2.54. The summed E-state index contributed by atoms with van der Waals surface area (Å²) in [5.41, 5.74) is 0. The van der Waals surface area contributed by atoms with E-state index >= 15 is 0 Å². The Morgan fingerprint density at radius 1 is 1.57 bits per heavy atom. The van der Waals surface area contributed by atoms with Crippen LogP contribution >= 0.6 is 21.6 Å². The third kappa shape index (κ3) is 4.42. The number of rotatable bonds is 5. The number of nitrogens with one attached hydrogen (secondary N) is 1. The zero-order chi connectivity index (χ0) is 10.6. The van der Waals surface area contributed by atoms with Gasteiger partial charge in [-0.25, -0.2) is 13.1 Å². The lowest BCUT2D eigenvalue weighted by Crippen LogP contribution is -2.40. The van der Waals surface area contributed by atoms with E-state index in [0.29, 0.717) is 5.25 Å². The highest BCUT2D eigenvalue weighted by molar-refractivity contribution is 8.77. The van der Waals surface area contributed by atoms with Crippen LogP contribution in [0.1, 0.15) is 26.2 Å². The van der Waals surface area contributed by atoms with Crippen molar-refractivity contribution in [3.8, 4) is 0 Å². The highest BCUT2D eigenvalue weighted by Crippen LogP contribution is 2.40. The number of hydrogen-bond acceptors (Lipinski definition) is 4. The van der Waals surface area contributed by atoms with Gasteiger partial charge in [-0.2, -0.15) is 0 Å². The Bertz CT molecular complexity index is 260. The van der Waals surface area contributed by atoms with Crippen LogP contribution in [-0.4, -0.2) is 31.7 Å². The Morgan fingerprint density at radius 3 is 2.71 bits per heavy atom. The molecule has 1 fully saturated rings. The molecular formula is C8H17NO2S3. The van der Waals surface area contributed by atoms with Crippen molar-refractivity contribution in [2.45, 2.75) is 37.5 Å². The summed E-state index contributed by atoms with van der Waals surface area (Å²) >= 11 is 0.